The number of ether oxygens (including phenoxy) is 1. The van der Waals surface area contributed by atoms with E-state index >= 15 is 0 Å². The summed E-state index contributed by atoms with van der Waals surface area (Å²) in [6.45, 7) is 2.03. The van der Waals surface area contributed by atoms with Crippen LogP contribution >= 0.6 is 0 Å². The fourth-order valence-corrected chi connectivity index (χ4v) is 1.23. The zero-order chi connectivity index (χ0) is 10.6. The van der Waals surface area contributed by atoms with Crippen molar-refractivity contribution in [2.45, 2.75) is 25.8 Å². The lowest BCUT2D eigenvalue weighted by Gasteiger charge is -2.09. The maximum atomic E-state index is 11.1. The third-order valence-electron chi connectivity index (χ3n) is 1.96. The molecule has 14 heavy (non-hydrogen) atoms. The van der Waals surface area contributed by atoms with Gasteiger partial charge in [0.15, 0.2) is 0 Å². The van der Waals surface area contributed by atoms with E-state index in [9.17, 15) is 4.79 Å². The predicted molar refractivity (Wildman–Crippen MR) is 53.4 cm³/mol. The standard InChI is InChI=1S/C10H15NO3/c1-3-4-8(11)9-5-7(13-2)6-10(12)14-9/h5-6,8H,3-4,11H2,1-2H3. The highest BCUT2D eigenvalue weighted by Crippen LogP contribution is 2.18. The van der Waals surface area contributed by atoms with Gasteiger partial charge in [-0.05, 0) is 6.42 Å². The van der Waals surface area contributed by atoms with Gasteiger partial charge in [-0.1, -0.05) is 13.3 Å². The van der Waals surface area contributed by atoms with Gasteiger partial charge in [0, 0.05) is 6.07 Å². The third-order valence-corrected chi connectivity index (χ3v) is 1.96. The van der Waals surface area contributed by atoms with Crippen molar-refractivity contribution in [1.29, 1.82) is 0 Å². The quantitative estimate of drug-likeness (QED) is 0.793. The molecule has 0 radical (unpaired) electrons. The van der Waals surface area contributed by atoms with Crippen LogP contribution in [-0.2, 0) is 0 Å². The number of nitrogens with two attached hydrogens (primary N) is 1. The van der Waals surface area contributed by atoms with E-state index in [0.29, 0.717) is 11.5 Å². The maximum absolute atomic E-state index is 11.1. The van der Waals surface area contributed by atoms with Crippen LogP contribution in [0, 0.1) is 0 Å². The van der Waals surface area contributed by atoms with Crippen molar-refractivity contribution in [1.82, 2.24) is 0 Å². The zero-order valence-electron chi connectivity index (χ0n) is 8.45. The molecule has 1 atom stereocenters. The summed E-state index contributed by atoms with van der Waals surface area (Å²) in [6, 6.07) is 2.71. The van der Waals surface area contributed by atoms with E-state index in [2.05, 4.69) is 0 Å². The van der Waals surface area contributed by atoms with E-state index in [1.165, 1.54) is 13.2 Å². The Kier molecular flexibility index (Phi) is 3.71. The highest BCUT2D eigenvalue weighted by Gasteiger charge is 2.09. The first-order chi connectivity index (χ1) is 6.67. The van der Waals surface area contributed by atoms with Crippen LogP contribution in [-0.4, -0.2) is 7.11 Å². The third kappa shape index (κ3) is 2.60. The molecule has 0 spiro atoms. The second kappa shape index (κ2) is 4.81. The summed E-state index contributed by atoms with van der Waals surface area (Å²) in [7, 11) is 1.50. The Morgan fingerprint density at radius 2 is 2.29 bits per heavy atom. The topological polar surface area (TPSA) is 65.5 Å². The molecular formula is C10H15NO3. The molecule has 0 fully saturated rings. The molecule has 0 bridgehead atoms. The van der Waals surface area contributed by atoms with Crippen molar-refractivity contribution >= 4 is 0 Å². The molecule has 0 saturated heterocycles. The van der Waals surface area contributed by atoms with Gasteiger partial charge < -0.3 is 14.9 Å². The van der Waals surface area contributed by atoms with E-state index in [1.54, 1.807) is 6.07 Å². The van der Waals surface area contributed by atoms with Crippen LogP contribution in [0.1, 0.15) is 31.6 Å². The Labute approximate surface area is 82.7 Å². The molecule has 1 aromatic rings. The molecule has 1 aromatic heterocycles. The van der Waals surface area contributed by atoms with E-state index < -0.39 is 5.63 Å². The van der Waals surface area contributed by atoms with Crippen LogP contribution in [0.2, 0.25) is 0 Å². The molecule has 0 saturated carbocycles. The molecule has 78 valence electrons. The van der Waals surface area contributed by atoms with Crippen molar-refractivity contribution in [3.63, 3.8) is 0 Å². The minimum atomic E-state index is -0.425. The molecule has 0 aliphatic heterocycles. The summed E-state index contributed by atoms with van der Waals surface area (Å²) in [5, 5.41) is 0. The molecule has 4 heteroatoms. The summed E-state index contributed by atoms with van der Waals surface area (Å²) in [5.41, 5.74) is 5.38. The first-order valence-electron chi connectivity index (χ1n) is 4.62. The molecular weight excluding hydrogens is 182 g/mol. The summed E-state index contributed by atoms with van der Waals surface area (Å²) in [6.07, 6.45) is 1.73. The van der Waals surface area contributed by atoms with Crippen LogP contribution in [0.3, 0.4) is 0 Å². The lowest BCUT2D eigenvalue weighted by atomic mass is 10.1. The Morgan fingerprint density at radius 3 is 2.86 bits per heavy atom. The van der Waals surface area contributed by atoms with Gasteiger partial charge in [-0.2, -0.15) is 0 Å². The molecule has 1 rings (SSSR count). The smallest absolute Gasteiger partial charge is 0.339 e. The normalized spacial score (nSPS) is 12.5. The van der Waals surface area contributed by atoms with E-state index in [0.717, 1.165) is 12.8 Å². The predicted octanol–water partition coefficient (Wildman–Crippen LogP) is 1.45. The summed E-state index contributed by atoms with van der Waals surface area (Å²) < 4.78 is 9.92. The van der Waals surface area contributed by atoms with Crippen molar-refractivity contribution in [3.05, 3.63) is 28.3 Å². The van der Waals surface area contributed by atoms with Crippen LogP contribution in [0.25, 0.3) is 0 Å². The minimum absolute atomic E-state index is 0.234. The number of rotatable bonds is 4. The van der Waals surface area contributed by atoms with Gasteiger partial charge in [0.25, 0.3) is 0 Å². The summed E-state index contributed by atoms with van der Waals surface area (Å²) in [5.74, 6) is 0.971. The highest BCUT2D eigenvalue weighted by molar-refractivity contribution is 5.21. The molecule has 0 aromatic carbocycles. The Balaban J connectivity index is 2.96. The van der Waals surface area contributed by atoms with Crippen LogP contribution < -0.4 is 16.1 Å². The van der Waals surface area contributed by atoms with Gasteiger partial charge in [0.05, 0.1) is 19.2 Å². The summed E-state index contributed by atoms with van der Waals surface area (Å²) >= 11 is 0. The van der Waals surface area contributed by atoms with Gasteiger partial charge in [-0.15, -0.1) is 0 Å². The largest absolute Gasteiger partial charge is 0.496 e. The molecule has 4 nitrogen and oxygen atoms in total. The molecule has 1 heterocycles. The van der Waals surface area contributed by atoms with Gasteiger partial charge in [0.2, 0.25) is 0 Å². The minimum Gasteiger partial charge on any atom is -0.496 e. The number of methoxy groups -OCH3 is 1. The Bertz CT molecular complexity index is 345. The van der Waals surface area contributed by atoms with Crippen molar-refractivity contribution in [3.8, 4) is 5.75 Å². The van der Waals surface area contributed by atoms with Crippen LogP contribution in [0.15, 0.2) is 21.3 Å². The van der Waals surface area contributed by atoms with Gasteiger partial charge in [-0.3, -0.25) is 0 Å². The van der Waals surface area contributed by atoms with E-state index in [1.807, 2.05) is 6.92 Å². The molecule has 0 aliphatic rings. The van der Waals surface area contributed by atoms with Crippen LogP contribution in [0.5, 0.6) is 5.75 Å². The van der Waals surface area contributed by atoms with Gasteiger partial charge >= 0.3 is 5.63 Å². The van der Waals surface area contributed by atoms with Crippen LogP contribution in [0.4, 0.5) is 0 Å². The second-order valence-corrected chi connectivity index (χ2v) is 3.11. The fourth-order valence-electron chi connectivity index (χ4n) is 1.23. The zero-order valence-corrected chi connectivity index (χ0v) is 8.45. The lowest BCUT2D eigenvalue weighted by molar-refractivity contribution is 0.376. The number of hydrogen-bond acceptors (Lipinski definition) is 4. The summed E-state index contributed by atoms with van der Waals surface area (Å²) in [4.78, 5) is 11.1. The first kappa shape index (κ1) is 10.8. The van der Waals surface area contributed by atoms with Gasteiger partial charge in [0.1, 0.15) is 11.5 Å². The van der Waals surface area contributed by atoms with Gasteiger partial charge in [-0.25, -0.2) is 4.79 Å². The maximum Gasteiger partial charge on any atom is 0.339 e. The first-order valence-corrected chi connectivity index (χ1v) is 4.62. The van der Waals surface area contributed by atoms with Crippen molar-refractivity contribution in [2.75, 3.05) is 7.11 Å². The molecule has 0 amide bonds. The fraction of sp³-hybridized carbons (Fsp3) is 0.500. The Hall–Kier alpha value is -1.29. The van der Waals surface area contributed by atoms with E-state index in [4.69, 9.17) is 14.9 Å². The van der Waals surface area contributed by atoms with E-state index in [-0.39, 0.29) is 6.04 Å². The SMILES string of the molecule is CCCC(N)c1cc(OC)cc(=O)o1. The second-order valence-electron chi connectivity index (χ2n) is 3.11. The van der Waals surface area contributed by atoms with Crippen molar-refractivity contribution < 1.29 is 9.15 Å². The lowest BCUT2D eigenvalue weighted by Crippen LogP contribution is -2.12. The molecule has 1 unspecified atom stereocenters. The average Bonchev–Trinajstić information content (AvgIpc) is 2.17. The molecule has 0 aliphatic carbocycles. The Morgan fingerprint density at radius 1 is 1.57 bits per heavy atom. The highest BCUT2D eigenvalue weighted by atomic mass is 16.5. The van der Waals surface area contributed by atoms with Crippen molar-refractivity contribution in [2.24, 2.45) is 5.73 Å². The monoisotopic (exact) mass is 197 g/mol. The molecule has 2 N–H and O–H groups in total. The number of hydrogen-bond donors (Lipinski definition) is 1. The average molecular weight is 197 g/mol.